The van der Waals surface area contributed by atoms with Crippen LogP contribution in [0.5, 0.6) is 5.75 Å². The minimum absolute atomic E-state index is 0.00784. The van der Waals surface area contributed by atoms with E-state index in [9.17, 15) is 23.6 Å². The summed E-state index contributed by atoms with van der Waals surface area (Å²) in [5.41, 5.74) is 0.959. The molecule has 2 aromatic carbocycles. The van der Waals surface area contributed by atoms with E-state index >= 15 is 0 Å². The fourth-order valence-corrected chi connectivity index (χ4v) is 5.94. The Bertz CT molecular complexity index is 1260. The molecule has 4 amide bonds. The van der Waals surface area contributed by atoms with Crippen molar-refractivity contribution in [2.45, 2.75) is 44.2 Å². The van der Waals surface area contributed by atoms with Gasteiger partial charge in [-0.2, -0.15) is 0 Å². The van der Waals surface area contributed by atoms with Gasteiger partial charge in [0.2, 0.25) is 17.7 Å². The smallest absolute Gasteiger partial charge is 0.410 e. The van der Waals surface area contributed by atoms with Crippen molar-refractivity contribution >= 4 is 35.4 Å². The summed E-state index contributed by atoms with van der Waals surface area (Å²) in [6.45, 7) is 3.90. The highest BCUT2D eigenvalue weighted by Gasteiger charge is 2.44. The van der Waals surface area contributed by atoms with E-state index in [1.165, 1.54) is 24.3 Å². The third kappa shape index (κ3) is 5.91. The second-order valence-electron chi connectivity index (χ2n) is 10.5. The van der Waals surface area contributed by atoms with E-state index in [0.717, 1.165) is 5.56 Å². The summed E-state index contributed by atoms with van der Waals surface area (Å²) in [7, 11) is 0. The van der Waals surface area contributed by atoms with E-state index in [-0.39, 0.29) is 47.8 Å². The molecule has 5 rings (SSSR count). The molecule has 1 N–H and O–H groups in total. The molecule has 0 aliphatic carbocycles. The second kappa shape index (κ2) is 11.8. The number of halogens is 2. The highest BCUT2D eigenvalue weighted by atomic mass is 35.5. The number of amides is 4. The van der Waals surface area contributed by atoms with Gasteiger partial charge in [-0.25, -0.2) is 9.18 Å². The zero-order valence-corrected chi connectivity index (χ0v) is 23.0. The molecule has 0 radical (unpaired) electrons. The van der Waals surface area contributed by atoms with Crippen LogP contribution in [0.3, 0.4) is 0 Å². The molecule has 11 heteroatoms. The van der Waals surface area contributed by atoms with Gasteiger partial charge in [-0.1, -0.05) is 23.7 Å². The molecular weight excluding hydrogens is 539 g/mol. The first kappa shape index (κ1) is 27.9. The summed E-state index contributed by atoms with van der Waals surface area (Å²) in [4.78, 5) is 55.8. The average molecular weight is 571 g/mol. The third-order valence-corrected chi connectivity index (χ3v) is 8.32. The van der Waals surface area contributed by atoms with Gasteiger partial charge in [-0.05, 0) is 61.7 Å². The number of nitrogens with zero attached hydrogens (tertiary/aromatic N) is 3. The number of hydrogen-bond acceptors (Lipinski definition) is 5. The van der Waals surface area contributed by atoms with Crippen molar-refractivity contribution in [3.05, 3.63) is 64.9 Å². The maximum atomic E-state index is 13.7. The maximum absolute atomic E-state index is 13.7. The van der Waals surface area contributed by atoms with Crippen molar-refractivity contribution in [1.29, 1.82) is 0 Å². The van der Waals surface area contributed by atoms with E-state index in [2.05, 4.69) is 5.32 Å². The lowest BCUT2D eigenvalue weighted by atomic mass is 9.93. The Kier molecular flexibility index (Phi) is 8.25. The van der Waals surface area contributed by atoms with E-state index in [1.807, 2.05) is 24.0 Å². The first-order chi connectivity index (χ1) is 19.2. The molecule has 212 valence electrons. The van der Waals surface area contributed by atoms with E-state index in [4.69, 9.17) is 16.3 Å². The van der Waals surface area contributed by atoms with Gasteiger partial charge in [0.1, 0.15) is 17.6 Å². The van der Waals surface area contributed by atoms with Crippen LogP contribution in [0.15, 0.2) is 48.5 Å². The molecule has 3 saturated heterocycles. The molecular formula is C29H32ClFN4O5. The number of piperidine rings is 1. The van der Waals surface area contributed by atoms with Crippen LogP contribution in [-0.4, -0.2) is 83.3 Å². The second-order valence-corrected chi connectivity index (χ2v) is 10.9. The van der Waals surface area contributed by atoms with Gasteiger partial charge in [0.25, 0.3) is 0 Å². The average Bonchev–Trinajstić information content (AvgIpc) is 3.37. The summed E-state index contributed by atoms with van der Waals surface area (Å²) in [6, 6.07) is 11.9. The number of likely N-dealkylation sites (N-methyl/N-ethyl adjacent to an activating group) is 1. The van der Waals surface area contributed by atoms with E-state index < -0.39 is 18.0 Å². The number of ether oxygens (including phenoxy) is 1. The number of rotatable bonds is 6. The van der Waals surface area contributed by atoms with Crippen LogP contribution in [-0.2, 0) is 14.4 Å². The van der Waals surface area contributed by atoms with Gasteiger partial charge in [0.05, 0.1) is 12.5 Å². The van der Waals surface area contributed by atoms with Gasteiger partial charge in [0, 0.05) is 49.6 Å². The number of hydrogen-bond donors (Lipinski definition) is 1. The van der Waals surface area contributed by atoms with Gasteiger partial charge < -0.3 is 24.8 Å². The zero-order chi connectivity index (χ0) is 28.4. The quantitative estimate of drug-likeness (QED) is 0.537. The summed E-state index contributed by atoms with van der Waals surface area (Å²) in [6.07, 6.45) is 0.739. The number of nitrogens with one attached hydrogen (secondary N) is 1. The van der Waals surface area contributed by atoms with Crippen LogP contribution >= 0.6 is 11.6 Å². The predicted octanol–water partition coefficient (Wildman–Crippen LogP) is 3.42. The third-order valence-electron chi connectivity index (χ3n) is 8.07. The molecule has 1 unspecified atom stereocenters. The molecule has 0 spiro atoms. The number of benzene rings is 2. The van der Waals surface area contributed by atoms with Gasteiger partial charge in [-0.15, -0.1) is 0 Å². The van der Waals surface area contributed by atoms with Crippen molar-refractivity contribution in [2.24, 2.45) is 5.92 Å². The number of likely N-dealkylation sites (tertiary alicyclic amines) is 2. The molecule has 40 heavy (non-hydrogen) atoms. The molecule has 3 atom stereocenters. The SMILES string of the molecule is CCN(C(=O)Oc1ccc(F)cc1)[C@@H]1CN(C(=O)C2CCN(C(=O)C3CC(=O)N3)CC2)C[C@H]1c1ccc(Cl)cc1. The van der Waals surface area contributed by atoms with Crippen molar-refractivity contribution < 1.29 is 28.3 Å². The number of β-lactam (4-membered cyclic amide) rings is 1. The molecule has 0 bridgehead atoms. The standard InChI is InChI=1S/C29H32ClFN4O5/c1-2-35(29(39)40-22-9-7-21(31)8-10-22)25-17-34(16-23(25)18-3-5-20(30)6-4-18)27(37)19-11-13-33(14-12-19)28(38)24-15-26(36)32-24/h3-10,19,23-25H,2,11-17H2,1H3,(H,32,36)/t23-,24?,25+/m0/s1. The maximum Gasteiger partial charge on any atom is 0.415 e. The largest absolute Gasteiger partial charge is 0.415 e. The molecule has 2 aromatic rings. The van der Waals surface area contributed by atoms with Crippen molar-refractivity contribution in [3.63, 3.8) is 0 Å². The van der Waals surface area contributed by atoms with Crippen LogP contribution in [0.4, 0.5) is 9.18 Å². The van der Waals surface area contributed by atoms with Gasteiger partial charge in [0.15, 0.2) is 0 Å². The Morgan fingerprint density at radius 3 is 2.25 bits per heavy atom. The molecule has 3 aliphatic rings. The first-order valence-corrected chi connectivity index (χ1v) is 14.0. The van der Waals surface area contributed by atoms with E-state index in [1.54, 1.807) is 21.9 Å². The Balaban J connectivity index is 1.28. The van der Waals surface area contributed by atoms with Crippen molar-refractivity contribution in [3.8, 4) is 5.75 Å². The Morgan fingerprint density at radius 1 is 1.00 bits per heavy atom. The minimum Gasteiger partial charge on any atom is -0.410 e. The van der Waals surface area contributed by atoms with Crippen LogP contribution in [0, 0.1) is 11.7 Å². The normalized spacial score (nSPS) is 22.9. The van der Waals surface area contributed by atoms with E-state index in [0.29, 0.717) is 50.6 Å². The van der Waals surface area contributed by atoms with Crippen LogP contribution in [0.25, 0.3) is 0 Å². The highest BCUT2D eigenvalue weighted by Crippen LogP contribution is 2.34. The molecule has 0 saturated carbocycles. The summed E-state index contributed by atoms with van der Waals surface area (Å²) in [5.74, 6) is -0.783. The molecule has 9 nitrogen and oxygen atoms in total. The van der Waals surface area contributed by atoms with Gasteiger partial charge >= 0.3 is 6.09 Å². The summed E-state index contributed by atoms with van der Waals surface area (Å²) < 4.78 is 18.9. The molecule has 3 heterocycles. The topological polar surface area (TPSA) is 99.3 Å². The van der Waals surface area contributed by atoms with Crippen LogP contribution in [0.2, 0.25) is 5.02 Å². The Morgan fingerprint density at radius 2 is 1.65 bits per heavy atom. The fraction of sp³-hybridized carbons (Fsp3) is 0.448. The summed E-state index contributed by atoms with van der Waals surface area (Å²) >= 11 is 6.13. The predicted molar refractivity (Wildman–Crippen MR) is 145 cm³/mol. The summed E-state index contributed by atoms with van der Waals surface area (Å²) in [5, 5.41) is 3.21. The lowest BCUT2D eigenvalue weighted by Crippen LogP contribution is -2.59. The van der Waals surface area contributed by atoms with Crippen LogP contribution in [0.1, 0.15) is 37.7 Å². The molecule has 3 aliphatic heterocycles. The lowest BCUT2D eigenvalue weighted by Gasteiger charge is -2.37. The number of carbonyl (C=O) groups is 4. The Labute approximate surface area is 237 Å². The first-order valence-electron chi connectivity index (χ1n) is 13.6. The van der Waals surface area contributed by atoms with Gasteiger partial charge in [-0.3, -0.25) is 14.4 Å². The fourth-order valence-electron chi connectivity index (χ4n) is 5.81. The highest BCUT2D eigenvalue weighted by molar-refractivity contribution is 6.30. The monoisotopic (exact) mass is 570 g/mol. The molecule has 0 aromatic heterocycles. The number of carbonyl (C=O) groups excluding carboxylic acids is 4. The molecule has 3 fully saturated rings. The van der Waals surface area contributed by atoms with Crippen molar-refractivity contribution in [1.82, 2.24) is 20.0 Å². The minimum atomic E-state index is -0.567. The zero-order valence-electron chi connectivity index (χ0n) is 22.2. The lowest BCUT2D eigenvalue weighted by molar-refractivity contribution is -0.146. The van der Waals surface area contributed by atoms with Crippen LogP contribution < -0.4 is 10.1 Å². The Hall–Kier alpha value is -3.66. The van der Waals surface area contributed by atoms with Crippen molar-refractivity contribution in [2.75, 3.05) is 32.7 Å².